The van der Waals surface area contributed by atoms with Crippen LogP contribution in [-0.2, 0) is 4.74 Å². The minimum absolute atomic E-state index is 0.144. The Morgan fingerprint density at radius 3 is 2.32 bits per heavy atom. The van der Waals surface area contributed by atoms with Crippen molar-refractivity contribution in [3.05, 3.63) is 24.3 Å². The van der Waals surface area contributed by atoms with Gasteiger partial charge >= 0.3 is 12.3 Å². The van der Waals surface area contributed by atoms with Crippen molar-refractivity contribution in [1.82, 2.24) is 0 Å². The number of halogens is 5. The number of hydrogen-bond donors (Lipinski definition) is 1. The van der Waals surface area contributed by atoms with E-state index in [2.05, 4.69) is 4.74 Å². The summed E-state index contributed by atoms with van der Waals surface area (Å²) < 4.78 is 63.2. The molecule has 0 aliphatic carbocycles. The van der Waals surface area contributed by atoms with Crippen LogP contribution in [0.5, 0.6) is 0 Å². The number of rotatable bonds is 4. The Labute approximate surface area is 109 Å². The van der Waals surface area contributed by atoms with Crippen LogP contribution in [0.2, 0.25) is 0 Å². The van der Waals surface area contributed by atoms with Gasteiger partial charge in [0.15, 0.2) is 6.61 Å². The molecule has 0 spiro atoms. The molecule has 0 saturated carbocycles. The maximum absolute atomic E-state index is 12.0. The van der Waals surface area contributed by atoms with Gasteiger partial charge in [0.2, 0.25) is 0 Å². The first kappa shape index (κ1) is 15.5. The van der Waals surface area contributed by atoms with Crippen LogP contribution < -0.4 is 5.32 Å². The van der Waals surface area contributed by atoms with Gasteiger partial charge in [-0.05, 0) is 24.3 Å². The second kappa shape index (κ2) is 6.60. The molecule has 3 nitrogen and oxygen atoms in total. The summed E-state index contributed by atoms with van der Waals surface area (Å²) in [5.41, 5.74) is 0.144. The number of ether oxygens (including phenoxy) is 1. The summed E-state index contributed by atoms with van der Waals surface area (Å²) in [4.78, 5) is 11.2. The minimum Gasteiger partial charge on any atom is -0.440 e. The molecule has 1 rings (SSSR count). The molecule has 0 atom stereocenters. The molecule has 0 fully saturated rings. The van der Waals surface area contributed by atoms with E-state index < -0.39 is 24.6 Å². The Hall–Kier alpha value is -1.51. The van der Waals surface area contributed by atoms with E-state index in [9.17, 15) is 26.7 Å². The van der Waals surface area contributed by atoms with Crippen molar-refractivity contribution >= 4 is 23.5 Å². The molecule has 1 N–H and O–H groups in total. The zero-order valence-electron chi connectivity index (χ0n) is 9.21. The number of alkyl halides is 5. The van der Waals surface area contributed by atoms with E-state index in [0.29, 0.717) is 11.8 Å². The SMILES string of the molecule is O=C(Nc1ccc(SC(F)F)cc1)OCC(F)(F)F. The third-order valence-corrected chi connectivity index (χ3v) is 2.42. The molecule has 1 aromatic rings. The number of nitrogens with one attached hydrogen (secondary N) is 1. The number of carbonyl (C=O) groups excluding carboxylic acids is 1. The molecule has 19 heavy (non-hydrogen) atoms. The fraction of sp³-hybridized carbons (Fsp3) is 0.300. The molecule has 1 amide bonds. The summed E-state index contributed by atoms with van der Waals surface area (Å²) in [6, 6.07) is 5.16. The summed E-state index contributed by atoms with van der Waals surface area (Å²) in [6.07, 6.45) is -5.87. The van der Waals surface area contributed by atoms with E-state index in [1.54, 1.807) is 0 Å². The first-order valence-electron chi connectivity index (χ1n) is 4.82. The minimum atomic E-state index is -4.60. The molecule has 0 radical (unpaired) electrons. The van der Waals surface area contributed by atoms with E-state index in [1.165, 1.54) is 24.3 Å². The van der Waals surface area contributed by atoms with Gasteiger partial charge in [-0.25, -0.2) is 4.79 Å². The van der Waals surface area contributed by atoms with Gasteiger partial charge < -0.3 is 4.74 Å². The molecule has 0 heterocycles. The third kappa shape index (κ3) is 6.85. The summed E-state index contributed by atoms with van der Waals surface area (Å²) in [5, 5.41) is 2.04. The van der Waals surface area contributed by atoms with E-state index in [1.807, 2.05) is 5.32 Å². The Bertz CT molecular complexity index is 421. The highest BCUT2D eigenvalue weighted by atomic mass is 32.2. The number of thioether (sulfide) groups is 1. The summed E-state index contributed by atoms with van der Waals surface area (Å²) in [6.45, 7) is -1.70. The molecule has 106 valence electrons. The number of amides is 1. The van der Waals surface area contributed by atoms with Crippen LogP contribution in [-0.4, -0.2) is 24.6 Å². The van der Waals surface area contributed by atoms with Crippen molar-refractivity contribution in [3.8, 4) is 0 Å². The van der Waals surface area contributed by atoms with E-state index in [4.69, 9.17) is 0 Å². The number of carbonyl (C=O) groups is 1. The van der Waals surface area contributed by atoms with Crippen LogP contribution in [0.3, 0.4) is 0 Å². The molecule has 0 aliphatic rings. The van der Waals surface area contributed by atoms with Gasteiger partial charge in [0.1, 0.15) is 0 Å². The van der Waals surface area contributed by atoms with E-state index >= 15 is 0 Å². The van der Waals surface area contributed by atoms with Crippen molar-refractivity contribution in [1.29, 1.82) is 0 Å². The highest BCUT2D eigenvalue weighted by Gasteiger charge is 2.29. The lowest BCUT2D eigenvalue weighted by atomic mass is 10.3. The maximum Gasteiger partial charge on any atom is 0.422 e. The van der Waals surface area contributed by atoms with Gasteiger partial charge in [-0.1, -0.05) is 11.8 Å². The molecule has 9 heteroatoms. The molecule has 0 bridgehead atoms. The van der Waals surface area contributed by atoms with Crippen LogP contribution in [0.15, 0.2) is 29.2 Å². The Balaban J connectivity index is 2.47. The number of anilines is 1. The predicted molar refractivity (Wildman–Crippen MR) is 59.3 cm³/mol. The van der Waals surface area contributed by atoms with Crippen molar-refractivity contribution < 1.29 is 31.5 Å². The van der Waals surface area contributed by atoms with Crippen LogP contribution in [0.1, 0.15) is 0 Å². The van der Waals surface area contributed by atoms with Crippen molar-refractivity contribution in [2.24, 2.45) is 0 Å². The topological polar surface area (TPSA) is 38.3 Å². The van der Waals surface area contributed by atoms with E-state index in [-0.39, 0.29) is 10.6 Å². The molecular weight excluding hydrogens is 293 g/mol. The third-order valence-electron chi connectivity index (χ3n) is 1.69. The smallest absolute Gasteiger partial charge is 0.422 e. The molecule has 0 unspecified atom stereocenters. The van der Waals surface area contributed by atoms with Crippen LogP contribution in [0, 0.1) is 0 Å². The van der Waals surface area contributed by atoms with Crippen LogP contribution in [0.4, 0.5) is 32.4 Å². The average molecular weight is 301 g/mol. The van der Waals surface area contributed by atoms with Crippen molar-refractivity contribution in [2.75, 3.05) is 11.9 Å². The maximum atomic E-state index is 12.0. The first-order valence-corrected chi connectivity index (χ1v) is 5.69. The second-order valence-electron chi connectivity index (χ2n) is 3.22. The molecule has 0 aromatic heterocycles. The first-order chi connectivity index (χ1) is 8.76. The summed E-state index contributed by atoms with van der Waals surface area (Å²) in [7, 11) is 0. The van der Waals surface area contributed by atoms with Gasteiger partial charge in [-0.3, -0.25) is 5.32 Å². The van der Waals surface area contributed by atoms with Crippen LogP contribution >= 0.6 is 11.8 Å². The zero-order chi connectivity index (χ0) is 14.5. The van der Waals surface area contributed by atoms with Crippen LogP contribution in [0.25, 0.3) is 0 Å². The molecule has 1 aromatic carbocycles. The van der Waals surface area contributed by atoms with Gasteiger partial charge in [0, 0.05) is 10.6 Å². The number of hydrogen-bond acceptors (Lipinski definition) is 3. The summed E-state index contributed by atoms with van der Waals surface area (Å²) >= 11 is 0.314. The monoisotopic (exact) mass is 301 g/mol. The fourth-order valence-electron chi connectivity index (χ4n) is 1.02. The molecular formula is C10H8F5NO2S. The quantitative estimate of drug-likeness (QED) is 0.672. The standard InChI is InChI=1S/C10H8F5NO2S/c11-8(12)19-7-3-1-6(2-4-7)16-9(17)18-5-10(13,14)15/h1-4,8H,5H2,(H,16,17). The Morgan fingerprint density at radius 1 is 1.26 bits per heavy atom. The normalized spacial score (nSPS) is 11.5. The highest BCUT2D eigenvalue weighted by Crippen LogP contribution is 2.26. The lowest BCUT2D eigenvalue weighted by molar-refractivity contribution is -0.159. The summed E-state index contributed by atoms with van der Waals surface area (Å²) in [5.74, 6) is -2.57. The van der Waals surface area contributed by atoms with Crippen molar-refractivity contribution in [3.63, 3.8) is 0 Å². The van der Waals surface area contributed by atoms with Gasteiger partial charge in [0.25, 0.3) is 5.76 Å². The Morgan fingerprint density at radius 2 is 1.84 bits per heavy atom. The molecule has 0 aliphatic heterocycles. The zero-order valence-corrected chi connectivity index (χ0v) is 10.0. The van der Waals surface area contributed by atoms with Gasteiger partial charge in [-0.15, -0.1) is 0 Å². The Kier molecular flexibility index (Phi) is 5.40. The second-order valence-corrected chi connectivity index (χ2v) is 4.28. The van der Waals surface area contributed by atoms with Gasteiger partial charge in [0.05, 0.1) is 0 Å². The lowest BCUT2D eigenvalue weighted by Gasteiger charge is -2.09. The van der Waals surface area contributed by atoms with Crippen molar-refractivity contribution in [2.45, 2.75) is 16.8 Å². The largest absolute Gasteiger partial charge is 0.440 e. The predicted octanol–water partition coefficient (Wildman–Crippen LogP) is 4.11. The number of benzene rings is 1. The van der Waals surface area contributed by atoms with E-state index in [0.717, 1.165) is 0 Å². The lowest BCUT2D eigenvalue weighted by Crippen LogP contribution is -2.23. The highest BCUT2D eigenvalue weighted by molar-refractivity contribution is 7.99. The fourth-order valence-corrected chi connectivity index (χ4v) is 1.52. The van der Waals surface area contributed by atoms with Gasteiger partial charge in [-0.2, -0.15) is 22.0 Å². The molecule has 0 saturated heterocycles. The average Bonchev–Trinajstić information content (AvgIpc) is 2.28.